The van der Waals surface area contributed by atoms with Gasteiger partial charge >= 0.3 is 5.97 Å². The summed E-state index contributed by atoms with van der Waals surface area (Å²) < 4.78 is 8.23. The van der Waals surface area contributed by atoms with Gasteiger partial charge in [-0.3, -0.25) is 4.79 Å². The van der Waals surface area contributed by atoms with Crippen LogP contribution in [-0.2, 0) is 21.5 Å². The van der Waals surface area contributed by atoms with E-state index >= 15 is 0 Å². The van der Waals surface area contributed by atoms with Crippen LogP contribution < -0.4 is 5.32 Å². The summed E-state index contributed by atoms with van der Waals surface area (Å²) in [5.74, 6) is 0.709. The van der Waals surface area contributed by atoms with Crippen LogP contribution >= 0.6 is 0 Å². The summed E-state index contributed by atoms with van der Waals surface area (Å²) >= 11 is 0. The number of nitrogens with zero attached hydrogens (tertiary/aromatic N) is 2. The van der Waals surface area contributed by atoms with Gasteiger partial charge in [-0.25, -0.2) is 4.68 Å². The smallest absolute Gasteiger partial charge is 0.316 e. The highest BCUT2D eigenvalue weighted by Gasteiger charge is 2.47. The number of allylic oxidation sites excluding steroid dienone is 1. The molecule has 2 aromatic carbocycles. The van der Waals surface area contributed by atoms with E-state index in [-0.39, 0.29) is 12.1 Å². The van der Waals surface area contributed by atoms with E-state index in [0.717, 1.165) is 68.4 Å². The highest BCUT2D eigenvalue weighted by Crippen LogP contribution is 2.44. The first-order chi connectivity index (χ1) is 18.2. The van der Waals surface area contributed by atoms with Crippen molar-refractivity contribution in [3.63, 3.8) is 0 Å². The summed E-state index contributed by atoms with van der Waals surface area (Å²) in [6.07, 6.45) is 14.2. The molecule has 2 fully saturated rings. The zero-order valence-electron chi connectivity index (χ0n) is 21.7. The average molecular weight is 498 g/mol. The van der Waals surface area contributed by atoms with Crippen LogP contribution in [0.1, 0.15) is 62.5 Å². The lowest BCUT2D eigenvalue weighted by Crippen LogP contribution is -2.48. The number of esters is 1. The highest BCUT2D eigenvalue weighted by molar-refractivity contribution is 5.83. The lowest BCUT2D eigenvalue weighted by Gasteiger charge is -2.44. The zero-order chi connectivity index (χ0) is 25.5. The number of rotatable bonds is 10. The van der Waals surface area contributed by atoms with Crippen LogP contribution in [0.15, 0.2) is 85.7 Å². The topological polar surface area (TPSA) is 56.1 Å². The van der Waals surface area contributed by atoms with Gasteiger partial charge in [-0.05, 0) is 55.8 Å². The third kappa shape index (κ3) is 5.72. The van der Waals surface area contributed by atoms with E-state index < -0.39 is 5.41 Å². The van der Waals surface area contributed by atoms with E-state index in [1.165, 1.54) is 12.8 Å². The van der Waals surface area contributed by atoms with Crippen LogP contribution in [0, 0.1) is 11.8 Å². The van der Waals surface area contributed by atoms with E-state index in [0.29, 0.717) is 11.8 Å². The Morgan fingerprint density at radius 1 is 1.05 bits per heavy atom. The van der Waals surface area contributed by atoms with E-state index in [1.807, 2.05) is 53.4 Å². The quantitative estimate of drug-likeness (QED) is 0.153. The van der Waals surface area contributed by atoms with Gasteiger partial charge in [0, 0.05) is 24.2 Å². The normalized spacial score (nSPS) is 23.0. The lowest BCUT2D eigenvalue weighted by atomic mass is 9.68. The summed E-state index contributed by atoms with van der Waals surface area (Å²) in [7, 11) is 0. The molecule has 2 aliphatic rings. The van der Waals surface area contributed by atoms with Gasteiger partial charge in [0.25, 0.3) is 0 Å². The first-order valence-corrected chi connectivity index (χ1v) is 13.9. The number of aromatic nitrogens is 2. The van der Waals surface area contributed by atoms with Crippen molar-refractivity contribution in [3.8, 4) is 5.69 Å². The second-order valence-corrected chi connectivity index (χ2v) is 10.7. The second-order valence-electron chi connectivity index (χ2n) is 10.7. The molecule has 2 unspecified atom stereocenters. The molecule has 0 saturated heterocycles. The van der Waals surface area contributed by atoms with Crippen molar-refractivity contribution in [2.45, 2.75) is 69.4 Å². The number of benzene rings is 2. The van der Waals surface area contributed by atoms with Crippen molar-refractivity contribution in [2.24, 2.45) is 11.8 Å². The Kier molecular flexibility index (Phi) is 8.20. The van der Waals surface area contributed by atoms with Gasteiger partial charge in [0.05, 0.1) is 17.3 Å². The van der Waals surface area contributed by atoms with Crippen LogP contribution in [-0.4, -0.2) is 28.4 Å². The summed E-state index contributed by atoms with van der Waals surface area (Å²) in [4.78, 5) is 13.8. The SMILES string of the molecule is C=CC1C[C@H](OC(=O)C2(c3ccccc3)CCCCCC2)C1CCNCc1cnn(-c2ccccc2)c1. The molecule has 2 saturated carbocycles. The minimum Gasteiger partial charge on any atom is -0.461 e. The van der Waals surface area contributed by atoms with Crippen molar-refractivity contribution in [3.05, 3.63) is 96.8 Å². The summed E-state index contributed by atoms with van der Waals surface area (Å²) in [6, 6.07) is 20.5. The molecule has 1 aromatic heterocycles. The van der Waals surface area contributed by atoms with Gasteiger partial charge < -0.3 is 10.1 Å². The molecule has 1 heterocycles. The molecule has 3 atom stereocenters. The van der Waals surface area contributed by atoms with Gasteiger partial charge in [-0.2, -0.15) is 5.10 Å². The molecule has 5 nitrogen and oxygen atoms in total. The Morgan fingerprint density at radius 2 is 1.76 bits per heavy atom. The number of carbonyl (C=O) groups excluding carboxylic acids is 1. The van der Waals surface area contributed by atoms with Crippen molar-refractivity contribution >= 4 is 5.97 Å². The fourth-order valence-corrected chi connectivity index (χ4v) is 6.13. The molecule has 0 radical (unpaired) electrons. The highest BCUT2D eigenvalue weighted by atomic mass is 16.5. The van der Waals surface area contributed by atoms with Crippen molar-refractivity contribution in [1.29, 1.82) is 0 Å². The Bertz CT molecular complexity index is 1150. The summed E-state index contributed by atoms with van der Waals surface area (Å²) in [6.45, 7) is 5.67. The van der Waals surface area contributed by atoms with Crippen LogP contribution in [0.5, 0.6) is 0 Å². The summed E-state index contributed by atoms with van der Waals surface area (Å²) in [5.41, 5.74) is 2.83. The van der Waals surface area contributed by atoms with Crippen molar-refractivity contribution < 1.29 is 9.53 Å². The summed E-state index contributed by atoms with van der Waals surface area (Å²) in [5, 5.41) is 8.05. The predicted octanol–water partition coefficient (Wildman–Crippen LogP) is 6.38. The number of hydrogen-bond donors (Lipinski definition) is 1. The van der Waals surface area contributed by atoms with Gasteiger partial charge in [0.1, 0.15) is 6.10 Å². The van der Waals surface area contributed by atoms with Crippen molar-refractivity contribution in [2.75, 3.05) is 6.54 Å². The molecule has 0 bridgehead atoms. The first kappa shape index (κ1) is 25.5. The van der Waals surface area contributed by atoms with E-state index in [9.17, 15) is 4.79 Å². The van der Waals surface area contributed by atoms with E-state index in [2.05, 4.69) is 47.5 Å². The van der Waals surface area contributed by atoms with Gasteiger partial charge in [-0.1, -0.05) is 80.3 Å². The first-order valence-electron chi connectivity index (χ1n) is 13.9. The maximum atomic E-state index is 13.8. The Labute approximate surface area is 220 Å². The van der Waals surface area contributed by atoms with Gasteiger partial charge in [0.15, 0.2) is 0 Å². The minimum absolute atomic E-state index is 0.0144. The molecule has 0 aliphatic heterocycles. The lowest BCUT2D eigenvalue weighted by molar-refractivity contribution is -0.169. The number of hydrogen-bond acceptors (Lipinski definition) is 4. The number of para-hydroxylation sites is 1. The van der Waals surface area contributed by atoms with Gasteiger partial charge in [-0.15, -0.1) is 6.58 Å². The maximum Gasteiger partial charge on any atom is 0.316 e. The Balaban J connectivity index is 1.17. The standard InChI is InChI=1S/C32H39N3O2/c1-2-26-21-30(37-31(36)32(18-11-3-4-12-19-32)27-13-7-5-8-14-27)29(26)17-20-33-22-25-23-34-35(24-25)28-15-9-6-10-16-28/h2,5-10,13-16,23-24,26,29-30,33H,1,3-4,11-12,17-22H2/t26?,29?,30-/m0/s1. The molecule has 1 N–H and O–H groups in total. The molecule has 0 amide bonds. The van der Waals surface area contributed by atoms with Crippen LogP contribution in [0.3, 0.4) is 0 Å². The molecule has 37 heavy (non-hydrogen) atoms. The Hall–Kier alpha value is -3.18. The number of carbonyl (C=O) groups is 1. The van der Waals surface area contributed by atoms with Gasteiger partial charge in [0.2, 0.25) is 0 Å². The van der Waals surface area contributed by atoms with Crippen LogP contribution in [0.2, 0.25) is 0 Å². The fourth-order valence-electron chi connectivity index (χ4n) is 6.13. The van der Waals surface area contributed by atoms with Crippen LogP contribution in [0.25, 0.3) is 5.69 Å². The van der Waals surface area contributed by atoms with Crippen molar-refractivity contribution in [1.82, 2.24) is 15.1 Å². The Morgan fingerprint density at radius 3 is 2.46 bits per heavy atom. The molecular formula is C32H39N3O2. The third-order valence-corrected chi connectivity index (χ3v) is 8.41. The predicted molar refractivity (Wildman–Crippen MR) is 147 cm³/mol. The fraction of sp³-hybridized carbons (Fsp3) is 0.438. The average Bonchev–Trinajstić information content (AvgIpc) is 3.26. The molecule has 0 spiro atoms. The minimum atomic E-state index is -0.501. The van der Waals surface area contributed by atoms with E-state index in [1.54, 1.807) is 0 Å². The number of nitrogens with one attached hydrogen (secondary N) is 1. The number of ether oxygens (including phenoxy) is 1. The molecular weight excluding hydrogens is 458 g/mol. The maximum absolute atomic E-state index is 13.8. The van der Waals surface area contributed by atoms with E-state index in [4.69, 9.17) is 4.74 Å². The molecule has 3 aromatic rings. The molecule has 2 aliphatic carbocycles. The zero-order valence-corrected chi connectivity index (χ0v) is 21.7. The monoisotopic (exact) mass is 497 g/mol. The van der Waals surface area contributed by atoms with Crippen LogP contribution in [0.4, 0.5) is 0 Å². The largest absolute Gasteiger partial charge is 0.461 e. The third-order valence-electron chi connectivity index (χ3n) is 8.41. The molecule has 5 heteroatoms. The molecule has 5 rings (SSSR count). The molecule has 194 valence electrons. The second kappa shape index (κ2) is 11.9.